The van der Waals surface area contributed by atoms with Crippen LogP contribution in [0.1, 0.15) is 12.0 Å². The Bertz CT molecular complexity index is 409. The van der Waals surface area contributed by atoms with Gasteiger partial charge in [0.2, 0.25) is 0 Å². The third kappa shape index (κ3) is 5.94. The zero-order valence-electron chi connectivity index (χ0n) is 10.5. The highest BCUT2D eigenvalue weighted by Gasteiger charge is 1.93. The predicted molar refractivity (Wildman–Crippen MR) is 71.5 cm³/mol. The smallest absolute Gasteiger partial charge is 0.119 e. The predicted octanol–water partition coefficient (Wildman–Crippen LogP) is 3.43. The molecule has 1 aromatic rings. The second-order valence-corrected chi connectivity index (χ2v) is 3.56. The highest BCUT2D eigenvalue weighted by Crippen LogP contribution is 2.13. The van der Waals surface area contributed by atoms with E-state index in [9.17, 15) is 0 Å². The number of hydrogen-bond acceptors (Lipinski definition) is 3. The fourth-order valence-electron chi connectivity index (χ4n) is 1.31. The molecular formula is C13H17N3O2. The van der Waals surface area contributed by atoms with Gasteiger partial charge in [0.1, 0.15) is 12.4 Å². The lowest BCUT2D eigenvalue weighted by molar-refractivity contribution is 0.146. The lowest BCUT2D eigenvalue weighted by Gasteiger charge is -2.05. The van der Waals surface area contributed by atoms with Crippen LogP contribution in [0.3, 0.4) is 0 Å². The van der Waals surface area contributed by atoms with Crippen LogP contribution >= 0.6 is 0 Å². The van der Waals surface area contributed by atoms with E-state index in [4.69, 9.17) is 15.0 Å². The molecule has 18 heavy (non-hydrogen) atoms. The highest BCUT2D eigenvalue weighted by atomic mass is 16.5. The Morgan fingerprint density at radius 1 is 1.28 bits per heavy atom. The van der Waals surface area contributed by atoms with E-state index in [-0.39, 0.29) is 0 Å². The van der Waals surface area contributed by atoms with Gasteiger partial charge in [-0.05, 0) is 29.6 Å². The quantitative estimate of drug-likeness (QED) is 0.305. The maximum absolute atomic E-state index is 8.11. The van der Waals surface area contributed by atoms with Crippen molar-refractivity contribution in [3.63, 3.8) is 0 Å². The van der Waals surface area contributed by atoms with E-state index in [0.717, 1.165) is 17.7 Å². The molecule has 0 N–H and O–H groups in total. The second-order valence-electron chi connectivity index (χ2n) is 3.56. The SMILES string of the molecule is COCCOc1ccc(C=CCCN=[N+]=[N-])cc1. The van der Waals surface area contributed by atoms with Crippen LogP contribution in [0, 0.1) is 0 Å². The summed E-state index contributed by atoms with van der Waals surface area (Å²) in [6.45, 7) is 1.63. The van der Waals surface area contributed by atoms with Gasteiger partial charge in [0.15, 0.2) is 0 Å². The van der Waals surface area contributed by atoms with Crippen LogP contribution in [-0.4, -0.2) is 26.9 Å². The molecule has 0 bridgehead atoms. The largest absolute Gasteiger partial charge is 0.491 e. The minimum absolute atomic E-state index is 0.491. The van der Waals surface area contributed by atoms with Crippen LogP contribution < -0.4 is 4.74 Å². The molecule has 1 aromatic carbocycles. The first kappa shape index (κ1) is 14.1. The minimum atomic E-state index is 0.491. The number of benzene rings is 1. The Hall–Kier alpha value is -1.97. The van der Waals surface area contributed by atoms with Gasteiger partial charge in [-0.2, -0.15) is 0 Å². The molecule has 0 aromatic heterocycles. The third-order valence-electron chi connectivity index (χ3n) is 2.21. The molecule has 0 fully saturated rings. The van der Waals surface area contributed by atoms with Crippen molar-refractivity contribution >= 4 is 6.08 Å². The number of ether oxygens (including phenoxy) is 2. The van der Waals surface area contributed by atoms with Crippen molar-refractivity contribution in [3.8, 4) is 5.75 Å². The van der Waals surface area contributed by atoms with E-state index < -0.39 is 0 Å². The standard InChI is InChI=1S/C13H17N3O2/c1-17-10-11-18-13-7-5-12(6-8-13)4-2-3-9-15-16-14/h2,4-8H,3,9-11H2,1H3. The zero-order valence-corrected chi connectivity index (χ0v) is 10.5. The summed E-state index contributed by atoms with van der Waals surface area (Å²) in [7, 11) is 1.65. The summed E-state index contributed by atoms with van der Waals surface area (Å²) in [5.41, 5.74) is 9.21. The maximum Gasteiger partial charge on any atom is 0.119 e. The Labute approximate surface area is 107 Å². The zero-order chi connectivity index (χ0) is 13.1. The number of rotatable bonds is 8. The normalized spacial score (nSPS) is 10.3. The number of azide groups is 1. The molecule has 5 nitrogen and oxygen atoms in total. The molecule has 0 aliphatic heterocycles. The van der Waals surface area contributed by atoms with Crippen molar-refractivity contribution in [2.24, 2.45) is 5.11 Å². The van der Waals surface area contributed by atoms with Crippen molar-refractivity contribution < 1.29 is 9.47 Å². The first-order valence-electron chi connectivity index (χ1n) is 5.76. The van der Waals surface area contributed by atoms with Gasteiger partial charge < -0.3 is 9.47 Å². The molecule has 0 atom stereocenters. The monoisotopic (exact) mass is 247 g/mol. The molecule has 0 aliphatic carbocycles. The summed E-state index contributed by atoms with van der Waals surface area (Å²) < 4.78 is 10.4. The summed E-state index contributed by atoms with van der Waals surface area (Å²) >= 11 is 0. The van der Waals surface area contributed by atoms with Gasteiger partial charge in [0.05, 0.1) is 6.61 Å². The average molecular weight is 247 g/mol. The average Bonchev–Trinajstić information content (AvgIpc) is 2.40. The molecule has 0 amide bonds. The first-order chi connectivity index (χ1) is 8.86. The number of methoxy groups -OCH3 is 1. The van der Waals surface area contributed by atoms with E-state index in [0.29, 0.717) is 19.8 Å². The minimum Gasteiger partial charge on any atom is -0.491 e. The van der Waals surface area contributed by atoms with Crippen LogP contribution in [0.2, 0.25) is 0 Å². The Morgan fingerprint density at radius 3 is 2.72 bits per heavy atom. The van der Waals surface area contributed by atoms with Gasteiger partial charge in [-0.25, -0.2) is 0 Å². The van der Waals surface area contributed by atoms with E-state index >= 15 is 0 Å². The van der Waals surface area contributed by atoms with E-state index in [1.807, 2.05) is 36.4 Å². The van der Waals surface area contributed by atoms with E-state index in [2.05, 4.69) is 10.0 Å². The summed E-state index contributed by atoms with van der Waals surface area (Å²) in [5.74, 6) is 0.832. The molecule has 0 unspecified atom stereocenters. The fraction of sp³-hybridized carbons (Fsp3) is 0.385. The first-order valence-corrected chi connectivity index (χ1v) is 5.76. The van der Waals surface area contributed by atoms with Crippen LogP contribution in [0.5, 0.6) is 5.75 Å². The Morgan fingerprint density at radius 2 is 2.06 bits per heavy atom. The molecule has 0 spiro atoms. The molecule has 1 rings (SSSR count). The molecule has 0 heterocycles. The number of nitrogens with zero attached hydrogens (tertiary/aromatic N) is 3. The van der Waals surface area contributed by atoms with Gasteiger partial charge in [-0.15, -0.1) is 0 Å². The van der Waals surface area contributed by atoms with Gasteiger partial charge in [0.25, 0.3) is 0 Å². The fourth-order valence-corrected chi connectivity index (χ4v) is 1.31. The Kier molecular flexibility index (Phi) is 7.13. The van der Waals surface area contributed by atoms with Crippen molar-refractivity contribution in [2.45, 2.75) is 6.42 Å². The van der Waals surface area contributed by atoms with Crippen LogP contribution in [0.15, 0.2) is 35.5 Å². The highest BCUT2D eigenvalue weighted by molar-refractivity contribution is 5.50. The summed E-state index contributed by atoms with van der Waals surface area (Å²) in [6.07, 6.45) is 4.72. The molecular weight excluding hydrogens is 230 g/mol. The van der Waals surface area contributed by atoms with Crippen molar-refractivity contribution in [3.05, 3.63) is 46.3 Å². The van der Waals surface area contributed by atoms with Gasteiger partial charge in [0, 0.05) is 18.6 Å². The molecule has 96 valence electrons. The molecule has 5 heteroatoms. The molecule has 0 radical (unpaired) electrons. The summed E-state index contributed by atoms with van der Waals surface area (Å²) in [6, 6.07) is 7.80. The lowest BCUT2D eigenvalue weighted by Crippen LogP contribution is -2.03. The van der Waals surface area contributed by atoms with Crippen molar-refractivity contribution in [1.29, 1.82) is 0 Å². The molecule has 0 saturated heterocycles. The van der Waals surface area contributed by atoms with Crippen molar-refractivity contribution in [1.82, 2.24) is 0 Å². The van der Waals surface area contributed by atoms with Crippen LogP contribution in [0.4, 0.5) is 0 Å². The Balaban J connectivity index is 2.37. The molecule has 0 aliphatic rings. The topological polar surface area (TPSA) is 67.2 Å². The molecule has 0 saturated carbocycles. The van der Waals surface area contributed by atoms with Gasteiger partial charge in [-0.3, -0.25) is 0 Å². The second kappa shape index (κ2) is 9.10. The third-order valence-corrected chi connectivity index (χ3v) is 2.21. The number of hydrogen-bond donors (Lipinski definition) is 0. The summed E-state index contributed by atoms with van der Waals surface area (Å²) in [5, 5.41) is 3.46. The van der Waals surface area contributed by atoms with Crippen LogP contribution in [0.25, 0.3) is 16.5 Å². The van der Waals surface area contributed by atoms with E-state index in [1.165, 1.54) is 0 Å². The van der Waals surface area contributed by atoms with Gasteiger partial charge in [-0.1, -0.05) is 29.4 Å². The van der Waals surface area contributed by atoms with Crippen molar-refractivity contribution in [2.75, 3.05) is 26.9 Å². The van der Waals surface area contributed by atoms with Crippen LogP contribution in [-0.2, 0) is 4.74 Å². The lowest BCUT2D eigenvalue weighted by atomic mass is 10.2. The summed E-state index contributed by atoms with van der Waals surface area (Å²) in [4.78, 5) is 2.69. The van der Waals surface area contributed by atoms with Gasteiger partial charge >= 0.3 is 0 Å². The maximum atomic E-state index is 8.11. The van der Waals surface area contributed by atoms with E-state index in [1.54, 1.807) is 7.11 Å².